The third-order valence-corrected chi connectivity index (χ3v) is 7.10. The fourth-order valence-corrected chi connectivity index (χ4v) is 5.08. The van der Waals surface area contributed by atoms with Crippen molar-refractivity contribution in [2.45, 2.75) is 23.6 Å². The normalized spacial score (nSPS) is 11.2. The summed E-state index contributed by atoms with van der Waals surface area (Å²) in [5, 5.41) is 15.6. The van der Waals surface area contributed by atoms with E-state index in [2.05, 4.69) is 5.10 Å². The van der Waals surface area contributed by atoms with Crippen LogP contribution < -0.4 is 4.74 Å². The van der Waals surface area contributed by atoms with E-state index in [0.29, 0.717) is 5.69 Å². The molecule has 0 aliphatic carbocycles. The fourth-order valence-electron chi connectivity index (χ4n) is 3.54. The van der Waals surface area contributed by atoms with E-state index in [1.165, 1.54) is 48.9 Å². The summed E-state index contributed by atoms with van der Waals surface area (Å²) in [6.07, 6.45) is 0. The lowest BCUT2D eigenvalue weighted by molar-refractivity contribution is -0.385. The molecule has 0 radical (unpaired) electrons. The van der Waals surface area contributed by atoms with E-state index >= 15 is 0 Å². The third kappa shape index (κ3) is 4.06. The number of aryl methyl sites for hydroxylation is 1. The first-order chi connectivity index (χ1) is 16.2. The Morgan fingerprint density at radius 1 is 0.941 bits per heavy atom. The van der Waals surface area contributed by atoms with Crippen LogP contribution in [0.15, 0.2) is 88.7 Å². The molecule has 172 valence electrons. The van der Waals surface area contributed by atoms with Gasteiger partial charge < -0.3 is 4.74 Å². The van der Waals surface area contributed by atoms with E-state index < -0.39 is 20.7 Å². The number of nitro groups is 1. The van der Waals surface area contributed by atoms with Crippen molar-refractivity contribution in [1.29, 1.82) is 0 Å². The number of rotatable bonds is 6. The van der Waals surface area contributed by atoms with Crippen LogP contribution in [-0.4, -0.2) is 29.1 Å². The Balaban J connectivity index is 1.90. The molecule has 0 aliphatic rings. The van der Waals surface area contributed by atoms with Crippen molar-refractivity contribution in [1.82, 2.24) is 9.78 Å². The number of esters is 1. The van der Waals surface area contributed by atoms with E-state index in [1.54, 1.807) is 48.5 Å². The maximum atomic E-state index is 13.5. The highest BCUT2D eigenvalue weighted by atomic mass is 32.2. The molecule has 0 N–H and O–H groups in total. The van der Waals surface area contributed by atoms with Crippen LogP contribution in [0.3, 0.4) is 0 Å². The number of nitrogens with zero attached hydrogens (tertiary/aromatic N) is 3. The van der Waals surface area contributed by atoms with Crippen LogP contribution in [0.25, 0.3) is 5.69 Å². The van der Waals surface area contributed by atoms with Crippen LogP contribution in [-0.2, 0) is 9.84 Å². The molecule has 0 amide bonds. The number of sulfone groups is 1. The summed E-state index contributed by atoms with van der Waals surface area (Å²) < 4.78 is 33.9. The van der Waals surface area contributed by atoms with Gasteiger partial charge in [-0.15, -0.1) is 0 Å². The van der Waals surface area contributed by atoms with Crippen LogP contribution in [0.4, 0.5) is 5.69 Å². The van der Waals surface area contributed by atoms with E-state index in [0.717, 1.165) is 0 Å². The Bertz CT molecular complexity index is 1500. The number of hydrogen-bond acceptors (Lipinski definition) is 7. The Morgan fingerprint density at radius 3 is 2.18 bits per heavy atom. The van der Waals surface area contributed by atoms with Gasteiger partial charge in [0.2, 0.25) is 15.7 Å². The SMILES string of the molecule is Cc1nn(-c2ccccc2)c(OC(=O)c2cccc([N+](=O)[O-])c2C)c1S(=O)(=O)c1ccccc1. The predicted octanol–water partition coefficient (Wildman–Crippen LogP) is 4.45. The van der Waals surface area contributed by atoms with Gasteiger partial charge in [0.1, 0.15) is 0 Å². The van der Waals surface area contributed by atoms with Crippen LogP contribution in [0.1, 0.15) is 21.6 Å². The number of hydrogen-bond donors (Lipinski definition) is 0. The Morgan fingerprint density at radius 2 is 1.56 bits per heavy atom. The molecule has 0 fully saturated rings. The lowest BCUT2D eigenvalue weighted by atomic mass is 10.1. The third-order valence-electron chi connectivity index (χ3n) is 5.20. The zero-order valence-electron chi connectivity index (χ0n) is 18.2. The van der Waals surface area contributed by atoms with Crippen LogP contribution >= 0.6 is 0 Å². The molecule has 4 rings (SSSR count). The summed E-state index contributed by atoms with van der Waals surface area (Å²) in [4.78, 5) is 23.6. The number of carbonyl (C=O) groups is 1. The van der Waals surface area contributed by atoms with Gasteiger partial charge in [-0.05, 0) is 44.2 Å². The monoisotopic (exact) mass is 477 g/mol. The van der Waals surface area contributed by atoms with Gasteiger partial charge >= 0.3 is 5.97 Å². The fraction of sp³-hybridized carbons (Fsp3) is 0.0833. The number of carbonyl (C=O) groups excluding carboxylic acids is 1. The average molecular weight is 477 g/mol. The second-order valence-corrected chi connectivity index (χ2v) is 9.27. The van der Waals surface area contributed by atoms with Gasteiger partial charge in [0.05, 0.1) is 26.8 Å². The molecule has 3 aromatic carbocycles. The van der Waals surface area contributed by atoms with E-state index in [-0.39, 0.29) is 38.2 Å². The van der Waals surface area contributed by atoms with Crippen LogP contribution in [0, 0.1) is 24.0 Å². The van der Waals surface area contributed by atoms with Crippen molar-refractivity contribution in [2.75, 3.05) is 0 Å². The van der Waals surface area contributed by atoms with Crippen LogP contribution in [0.2, 0.25) is 0 Å². The molecule has 0 unspecified atom stereocenters. The van der Waals surface area contributed by atoms with Gasteiger partial charge in [-0.2, -0.15) is 9.78 Å². The number of aromatic nitrogens is 2. The van der Waals surface area contributed by atoms with Crippen molar-refractivity contribution in [3.05, 3.63) is 106 Å². The molecule has 10 heteroatoms. The molecule has 0 aliphatic heterocycles. The van der Waals surface area contributed by atoms with E-state index in [4.69, 9.17) is 4.74 Å². The first-order valence-electron chi connectivity index (χ1n) is 10.1. The van der Waals surface area contributed by atoms with E-state index in [9.17, 15) is 23.3 Å². The number of para-hydroxylation sites is 1. The Kier molecular flexibility index (Phi) is 5.99. The van der Waals surface area contributed by atoms with Gasteiger partial charge in [-0.3, -0.25) is 10.1 Å². The summed E-state index contributed by atoms with van der Waals surface area (Å²) in [5.74, 6) is -1.24. The molecule has 0 bridgehead atoms. The van der Waals surface area contributed by atoms with Gasteiger partial charge in [0.25, 0.3) is 5.69 Å². The first kappa shape index (κ1) is 22.9. The summed E-state index contributed by atoms with van der Waals surface area (Å²) in [5.41, 5.74) is 0.396. The lowest BCUT2D eigenvalue weighted by Gasteiger charge is -2.12. The summed E-state index contributed by atoms with van der Waals surface area (Å²) in [7, 11) is -4.12. The van der Waals surface area contributed by atoms with Crippen molar-refractivity contribution in [3.63, 3.8) is 0 Å². The topological polar surface area (TPSA) is 121 Å². The predicted molar refractivity (Wildman–Crippen MR) is 123 cm³/mol. The summed E-state index contributed by atoms with van der Waals surface area (Å²) in [6.45, 7) is 2.93. The molecule has 0 spiro atoms. The lowest BCUT2D eigenvalue weighted by Crippen LogP contribution is -2.16. The van der Waals surface area contributed by atoms with Crippen molar-refractivity contribution in [3.8, 4) is 11.6 Å². The Labute approximate surface area is 195 Å². The summed E-state index contributed by atoms with van der Waals surface area (Å²) in [6, 6.07) is 20.3. The molecule has 1 heterocycles. The zero-order valence-corrected chi connectivity index (χ0v) is 19.0. The standard InChI is InChI=1S/C24H19N3O6S/c1-16-20(14-9-15-21(16)27(29)30)24(28)33-23-22(34(31,32)19-12-7-4-8-13-19)17(2)25-26(23)18-10-5-3-6-11-18/h3-15H,1-2H3. The number of ether oxygens (including phenoxy) is 1. The minimum absolute atomic E-state index is 0.00883. The molecule has 1 aromatic heterocycles. The van der Waals surface area contributed by atoms with Crippen molar-refractivity contribution >= 4 is 21.5 Å². The minimum atomic E-state index is -4.12. The maximum absolute atomic E-state index is 13.5. The summed E-state index contributed by atoms with van der Waals surface area (Å²) >= 11 is 0. The van der Waals surface area contributed by atoms with E-state index in [1.807, 2.05) is 0 Å². The van der Waals surface area contributed by atoms with Crippen molar-refractivity contribution < 1.29 is 22.9 Å². The smallest absolute Gasteiger partial charge is 0.345 e. The highest BCUT2D eigenvalue weighted by molar-refractivity contribution is 7.91. The average Bonchev–Trinajstić information content (AvgIpc) is 3.16. The van der Waals surface area contributed by atoms with Crippen LogP contribution in [0.5, 0.6) is 5.88 Å². The van der Waals surface area contributed by atoms with Gasteiger partial charge in [0, 0.05) is 11.6 Å². The molecule has 34 heavy (non-hydrogen) atoms. The second kappa shape index (κ2) is 8.91. The molecule has 0 saturated heterocycles. The molecule has 0 atom stereocenters. The molecular weight excluding hydrogens is 458 g/mol. The zero-order chi connectivity index (χ0) is 24.5. The largest absolute Gasteiger partial charge is 0.402 e. The van der Waals surface area contributed by atoms with Crippen molar-refractivity contribution in [2.24, 2.45) is 0 Å². The highest BCUT2D eigenvalue weighted by Gasteiger charge is 2.32. The maximum Gasteiger partial charge on any atom is 0.345 e. The molecular formula is C24H19N3O6S. The minimum Gasteiger partial charge on any atom is -0.402 e. The van der Waals surface area contributed by atoms with Gasteiger partial charge in [-0.1, -0.05) is 42.5 Å². The second-order valence-electron chi connectivity index (χ2n) is 7.38. The number of nitro benzene ring substituents is 1. The number of benzene rings is 3. The first-order valence-corrected chi connectivity index (χ1v) is 11.6. The highest BCUT2D eigenvalue weighted by Crippen LogP contribution is 2.35. The van der Waals surface area contributed by atoms with Gasteiger partial charge in [0.15, 0.2) is 4.90 Å². The molecule has 0 saturated carbocycles. The van der Waals surface area contributed by atoms with Gasteiger partial charge in [-0.25, -0.2) is 13.2 Å². The molecule has 9 nitrogen and oxygen atoms in total. The molecule has 4 aromatic rings. The quantitative estimate of drug-likeness (QED) is 0.228. The Hall–Kier alpha value is -4.31.